The van der Waals surface area contributed by atoms with Crippen LogP contribution in [0.1, 0.15) is 0 Å². The molecule has 0 aromatic heterocycles. The van der Waals surface area contributed by atoms with E-state index >= 15 is 0 Å². The number of ether oxygens (including phenoxy) is 1. The molecule has 0 saturated heterocycles. The maximum atomic E-state index is 12.2. The zero-order valence-electron chi connectivity index (χ0n) is 10.2. The van der Waals surface area contributed by atoms with E-state index in [1.54, 1.807) is 12.2 Å². The summed E-state index contributed by atoms with van der Waals surface area (Å²) in [5.74, 6) is -1.11. The molecule has 0 radical (unpaired) electrons. The van der Waals surface area contributed by atoms with E-state index in [1.165, 1.54) is 19.5 Å². The van der Waals surface area contributed by atoms with E-state index in [9.17, 15) is 9.59 Å². The fraction of sp³-hybridized carbons (Fsp3) is 0.231. The quantitative estimate of drug-likeness (QED) is 0.710. The Hall–Kier alpha value is -2.34. The van der Waals surface area contributed by atoms with Crippen molar-refractivity contribution in [2.75, 3.05) is 7.11 Å². The number of nitrogens with two attached hydrogens (primary N) is 1. The summed E-state index contributed by atoms with van der Waals surface area (Å²) in [6, 6.07) is 0. The minimum atomic E-state index is -0.663. The SMILES string of the molecule is COC1=CC(=O)C2=C3C(=NC=NC3N)C=CC2C1=O. The molecule has 0 bridgehead atoms. The summed E-state index contributed by atoms with van der Waals surface area (Å²) in [5, 5.41) is 0. The molecule has 96 valence electrons. The maximum Gasteiger partial charge on any atom is 0.208 e. The molecule has 0 fully saturated rings. The van der Waals surface area contributed by atoms with E-state index in [-0.39, 0.29) is 17.3 Å². The van der Waals surface area contributed by atoms with Gasteiger partial charge in [-0.15, -0.1) is 0 Å². The molecule has 1 aliphatic heterocycles. The van der Waals surface area contributed by atoms with Gasteiger partial charge in [-0.1, -0.05) is 6.08 Å². The minimum Gasteiger partial charge on any atom is -0.493 e. The Bertz CT molecular complexity index is 638. The highest BCUT2D eigenvalue weighted by molar-refractivity contribution is 6.26. The number of Topliss-reactive ketones (excluding diaryl/α,β-unsaturated/α-hetero) is 1. The van der Waals surface area contributed by atoms with E-state index in [0.717, 1.165) is 0 Å². The second kappa shape index (κ2) is 4.10. The van der Waals surface area contributed by atoms with Crippen molar-refractivity contribution < 1.29 is 14.3 Å². The summed E-state index contributed by atoms with van der Waals surface area (Å²) in [7, 11) is 1.37. The molecule has 2 unspecified atom stereocenters. The van der Waals surface area contributed by atoms with E-state index in [4.69, 9.17) is 10.5 Å². The average Bonchev–Trinajstić information content (AvgIpc) is 2.42. The van der Waals surface area contributed by atoms with Gasteiger partial charge in [0, 0.05) is 17.2 Å². The van der Waals surface area contributed by atoms with Gasteiger partial charge in [0.05, 0.1) is 18.7 Å². The van der Waals surface area contributed by atoms with Gasteiger partial charge in [-0.3, -0.25) is 9.59 Å². The van der Waals surface area contributed by atoms with Crippen LogP contribution < -0.4 is 5.73 Å². The van der Waals surface area contributed by atoms with E-state index in [0.29, 0.717) is 16.9 Å². The molecule has 1 heterocycles. The van der Waals surface area contributed by atoms with Gasteiger partial charge in [-0.05, 0) is 6.08 Å². The summed E-state index contributed by atoms with van der Waals surface area (Å²) >= 11 is 0. The first-order valence-electron chi connectivity index (χ1n) is 5.75. The molecule has 2 aliphatic carbocycles. The molecule has 19 heavy (non-hydrogen) atoms. The first-order chi connectivity index (χ1) is 9.13. The van der Waals surface area contributed by atoms with Crippen molar-refractivity contribution >= 4 is 23.6 Å². The Kier molecular flexibility index (Phi) is 2.53. The lowest BCUT2D eigenvalue weighted by atomic mass is 9.77. The summed E-state index contributed by atoms with van der Waals surface area (Å²) in [6.45, 7) is 0. The molecular formula is C13H11N3O3. The molecule has 0 saturated carbocycles. The van der Waals surface area contributed by atoms with Gasteiger partial charge in [0.2, 0.25) is 5.78 Å². The third kappa shape index (κ3) is 1.61. The molecule has 0 amide bonds. The smallest absolute Gasteiger partial charge is 0.208 e. The van der Waals surface area contributed by atoms with Gasteiger partial charge < -0.3 is 10.5 Å². The molecule has 6 heteroatoms. The predicted molar refractivity (Wildman–Crippen MR) is 68.7 cm³/mol. The minimum absolute atomic E-state index is 0.0669. The van der Waals surface area contributed by atoms with Crippen LogP contribution in [0.15, 0.2) is 45.1 Å². The van der Waals surface area contributed by atoms with Crippen LogP contribution in [-0.2, 0) is 14.3 Å². The van der Waals surface area contributed by atoms with Crippen molar-refractivity contribution in [3.8, 4) is 0 Å². The number of fused-ring (bicyclic) bond motifs is 2. The number of allylic oxidation sites excluding steroid dienone is 5. The number of methoxy groups -OCH3 is 1. The topological polar surface area (TPSA) is 94.1 Å². The lowest BCUT2D eigenvalue weighted by Gasteiger charge is -2.29. The molecule has 2 N–H and O–H groups in total. The van der Waals surface area contributed by atoms with Gasteiger partial charge in [-0.2, -0.15) is 0 Å². The highest BCUT2D eigenvalue weighted by atomic mass is 16.5. The molecular weight excluding hydrogens is 246 g/mol. The molecule has 6 nitrogen and oxygen atoms in total. The van der Waals surface area contributed by atoms with Crippen LogP contribution in [0.2, 0.25) is 0 Å². The number of aliphatic imine (C=N–C) groups is 2. The highest BCUT2D eigenvalue weighted by Crippen LogP contribution is 2.33. The van der Waals surface area contributed by atoms with Crippen molar-refractivity contribution in [1.82, 2.24) is 0 Å². The number of ketones is 2. The maximum absolute atomic E-state index is 12.2. The molecule has 0 spiro atoms. The van der Waals surface area contributed by atoms with Gasteiger partial charge >= 0.3 is 0 Å². The van der Waals surface area contributed by atoms with Gasteiger partial charge in [0.15, 0.2) is 11.5 Å². The molecule has 3 aliphatic rings. The van der Waals surface area contributed by atoms with Gasteiger partial charge in [0.1, 0.15) is 12.5 Å². The number of hydrogen-bond donors (Lipinski definition) is 1. The van der Waals surface area contributed by atoms with Crippen LogP contribution in [-0.4, -0.2) is 36.9 Å². The van der Waals surface area contributed by atoms with Gasteiger partial charge in [0.25, 0.3) is 0 Å². The number of carbonyl (C=O) groups excluding carboxylic acids is 2. The molecule has 2 atom stereocenters. The van der Waals surface area contributed by atoms with E-state index < -0.39 is 12.1 Å². The number of carbonyl (C=O) groups is 2. The summed E-state index contributed by atoms with van der Waals surface area (Å²) in [5.41, 5.74) is 7.36. The highest BCUT2D eigenvalue weighted by Gasteiger charge is 2.39. The number of hydrogen-bond acceptors (Lipinski definition) is 6. The largest absolute Gasteiger partial charge is 0.493 e. The summed E-state index contributed by atoms with van der Waals surface area (Å²) < 4.78 is 4.93. The third-order valence-corrected chi connectivity index (χ3v) is 3.32. The fourth-order valence-electron chi connectivity index (χ4n) is 2.43. The molecule has 0 aromatic rings. The predicted octanol–water partition coefficient (Wildman–Crippen LogP) is -0.0812. The van der Waals surface area contributed by atoms with Crippen LogP contribution in [0, 0.1) is 5.92 Å². The Balaban J connectivity index is 2.21. The Morgan fingerprint density at radius 1 is 1.32 bits per heavy atom. The normalized spacial score (nSPS) is 28.7. The molecule has 3 rings (SSSR count). The van der Waals surface area contributed by atoms with Crippen molar-refractivity contribution in [3.63, 3.8) is 0 Å². The third-order valence-electron chi connectivity index (χ3n) is 3.32. The van der Waals surface area contributed by atoms with Crippen molar-refractivity contribution in [2.24, 2.45) is 21.6 Å². The van der Waals surface area contributed by atoms with E-state index in [2.05, 4.69) is 9.98 Å². The van der Waals surface area contributed by atoms with E-state index in [1.807, 2.05) is 0 Å². The van der Waals surface area contributed by atoms with Crippen LogP contribution in [0.5, 0.6) is 0 Å². The van der Waals surface area contributed by atoms with Crippen LogP contribution in [0.25, 0.3) is 0 Å². The Morgan fingerprint density at radius 3 is 2.84 bits per heavy atom. The second-order valence-corrected chi connectivity index (χ2v) is 4.33. The van der Waals surface area contributed by atoms with Crippen LogP contribution in [0.4, 0.5) is 0 Å². The standard InChI is InChI=1S/C13H11N3O3/c1-19-9-4-8(17)10-6(12(9)18)2-3-7-11(10)13(14)16-5-15-7/h2-6,13H,14H2,1H3. The molecule has 0 aromatic carbocycles. The second-order valence-electron chi connectivity index (χ2n) is 4.33. The average molecular weight is 257 g/mol. The zero-order chi connectivity index (χ0) is 13.6. The van der Waals surface area contributed by atoms with Crippen LogP contribution in [0.3, 0.4) is 0 Å². The van der Waals surface area contributed by atoms with Crippen molar-refractivity contribution in [3.05, 3.63) is 35.1 Å². The first-order valence-corrected chi connectivity index (χ1v) is 5.75. The van der Waals surface area contributed by atoms with Gasteiger partial charge in [-0.25, -0.2) is 9.98 Å². The summed E-state index contributed by atoms with van der Waals surface area (Å²) in [4.78, 5) is 32.4. The fourth-order valence-corrected chi connectivity index (χ4v) is 2.43. The van der Waals surface area contributed by atoms with Crippen molar-refractivity contribution in [2.45, 2.75) is 6.17 Å². The Labute approximate surface area is 109 Å². The number of nitrogens with zero attached hydrogens (tertiary/aromatic N) is 2. The summed E-state index contributed by atoms with van der Waals surface area (Å²) in [6.07, 6.45) is 5.24. The zero-order valence-corrected chi connectivity index (χ0v) is 10.2. The Morgan fingerprint density at radius 2 is 2.11 bits per heavy atom. The van der Waals surface area contributed by atoms with Crippen LogP contribution >= 0.6 is 0 Å². The van der Waals surface area contributed by atoms with Crippen molar-refractivity contribution in [1.29, 1.82) is 0 Å². The first kappa shape index (κ1) is 11.7. The number of rotatable bonds is 1. The monoisotopic (exact) mass is 257 g/mol. The lowest BCUT2D eigenvalue weighted by Crippen LogP contribution is -2.38. The lowest BCUT2D eigenvalue weighted by molar-refractivity contribution is -0.123.